The quantitative estimate of drug-likeness (QED) is 0.709. The van der Waals surface area contributed by atoms with Crippen LogP contribution in [0.1, 0.15) is 54.0 Å². The molecule has 82 valence electrons. The van der Waals surface area contributed by atoms with Crippen molar-refractivity contribution in [2.45, 2.75) is 45.6 Å². The van der Waals surface area contributed by atoms with Crippen LogP contribution >= 0.6 is 11.6 Å². The van der Waals surface area contributed by atoms with E-state index in [1.807, 2.05) is 13.0 Å². The molecule has 2 rings (SSSR count). The molecule has 0 heterocycles. The van der Waals surface area contributed by atoms with Crippen molar-refractivity contribution in [3.8, 4) is 0 Å². The Kier molecular flexibility index (Phi) is 2.78. The van der Waals surface area contributed by atoms with Crippen molar-refractivity contribution >= 4 is 11.6 Å². The van der Waals surface area contributed by atoms with Crippen LogP contribution in [-0.4, -0.2) is 5.11 Å². The molecule has 0 spiro atoms. The van der Waals surface area contributed by atoms with E-state index in [0.29, 0.717) is 5.92 Å². The van der Waals surface area contributed by atoms with E-state index in [2.05, 4.69) is 13.8 Å². The maximum atomic E-state index is 10.1. The molecule has 1 aromatic carbocycles. The Morgan fingerprint density at radius 1 is 1.27 bits per heavy atom. The topological polar surface area (TPSA) is 20.2 Å². The second-order valence-electron chi connectivity index (χ2n) is 4.62. The predicted octanol–water partition coefficient (Wildman–Crippen LogP) is 3.89. The summed E-state index contributed by atoms with van der Waals surface area (Å²) in [5.41, 5.74) is 4.62. The van der Waals surface area contributed by atoms with Crippen molar-refractivity contribution in [2.24, 2.45) is 0 Å². The van der Waals surface area contributed by atoms with Crippen molar-refractivity contribution in [1.29, 1.82) is 0 Å². The largest absolute Gasteiger partial charge is 0.388 e. The summed E-state index contributed by atoms with van der Waals surface area (Å²) in [4.78, 5) is 0. The number of aliphatic hydroxyl groups excluding tert-OH is 1. The molecule has 0 radical (unpaired) electrons. The van der Waals surface area contributed by atoms with Gasteiger partial charge in [0.15, 0.2) is 0 Å². The Labute approximate surface area is 96.1 Å². The molecule has 0 bridgehead atoms. The van der Waals surface area contributed by atoms with Gasteiger partial charge in [-0.3, -0.25) is 0 Å². The van der Waals surface area contributed by atoms with Crippen LogP contribution in [0, 0.1) is 13.8 Å². The van der Waals surface area contributed by atoms with E-state index in [4.69, 9.17) is 11.6 Å². The van der Waals surface area contributed by atoms with Gasteiger partial charge in [-0.2, -0.15) is 0 Å². The summed E-state index contributed by atoms with van der Waals surface area (Å²) in [6.07, 6.45) is 1.55. The van der Waals surface area contributed by atoms with E-state index in [1.165, 1.54) is 16.7 Å². The summed E-state index contributed by atoms with van der Waals surface area (Å²) in [7, 11) is 0. The molecule has 0 saturated heterocycles. The van der Waals surface area contributed by atoms with Crippen LogP contribution in [0.5, 0.6) is 0 Å². The predicted molar refractivity (Wildman–Crippen MR) is 63.5 cm³/mol. The fraction of sp³-hybridized carbons (Fsp3) is 0.538. The molecule has 0 aliphatic heterocycles. The fourth-order valence-corrected chi connectivity index (χ4v) is 3.00. The lowest BCUT2D eigenvalue weighted by atomic mass is 9.79. The van der Waals surface area contributed by atoms with Crippen molar-refractivity contribution in [1.82, 2.24) is 0 Å². The highest BCUT2D eigenvalue weighted by Gasteiger charge is 2.27. The first-order valence-electron chi connectivity index (χ1n) is 5.50. The Hall–Kier alpha value is -0.530. The number of hydrogen-bond donors (Lipinski definition) is 1. The molecule has 1 aromatic rings. The number of hydrogen-bond acceptors (Lipinski definition) is 1. The number of fused-ring (bicyclic) bond motifs is 1. The van der Waals surface area contributed by atoms with Crippen LogP contribution in [0.2, 0.25) is 5.02 Å². The number of benzene rings is 1. The zero-order valence-electron chi connectivity index (χ0n) is 9.47. The molecule has 2 atom stereocenters. The van der Waals surface area contributed by atoms with Gasteiger partial charge in [0.2, 0.25) is 0 Å². The minimum Gasteiger partial charge on any atom is -0.388 e. The molecule has 0 fully saturated rings. The van der Waals surface area contributed by atoms with Crippen molar-refractivity contribution in [3.05, 3.63) is 33.3 Å². The molecule has 1 aliphatic rings. The first-order chi connectivity index (χ1) is 7.02. The lowest BCUT2D eigenvalue weighted by Crippen LogP contribution is -2.15. The fourth-order valence-electron chi connectivity index (χ4n) is 2.55. The number of halogens is 1. The SMILES string of the molecule is Cc1cc(Cl)c2c(c1C)[C@H](O)CCC2C. The zero-order valence-corrected chi connectivity index (χ0v) is 10.2. The summed E-state index contributed by atoms with van der Waals surface area (Å²) < 4.78 is 0. The molecule has 1 unspecified atom stereocenters. The standard InChI is InChI=1S/C13H17ClO/c1-7-4-5-11(15)13-9(3)8(2)6-10(14)12(7)13/h6-7,11,15H,4-5H2,1-3H3/t7?,11-/m1/s1. The summed E-state index contributed by atoms with van der Waals surface area (Å²) in [5, 5.41) is 10.9. The first kappa shape index (κ1) is 11.0. The van der Waals surface area contributed by atoms with E-state index < -0.39 is 0 Å². The second-order valence-corrected chi connectivity index (χ2v) is 5.03. The van der Waals surface area contributed by atoms with Gasteiger partial charge in [-0.1, -0.05) is 18.5 Å². The van der Waals surface area contributed by atoms with Gasteiger partial charge in [0, 0.05) is 5.02 Å². The number of aliphatic hydroxyl groups is 1. The van der Waals surface area contributed by atoms with Crippen LogP contribution in [-0.2, 0) is 0 Å². The maximum absolute atomic E-state index is 10.1. The van der Waals surface area contributed by atoms with Crippen molar-refractivity contribution in [3.63, 3.8) is 0 Å². The Morgan fingerprint density at radius 3 is 2.60 bits per heavy atom. The molecule has 2 heteroatoms. The third kappa shape index (κ3) is 1.68. The summed E-state index contributed by atoms with van der Waals surface area (Å²) in [6.45, 7) is 6.31. The minimum absolute atomic E-state index is 0.325. The molecule has 0 aromatic heterocycles. The average Bonchev–Trinajstić information content (AvgIpc) is 2.18. The molecular formula is C13H17ClO. The van der Waals surface area contributed by atoms with E-state index in [0.717, 1.165) is 23.4 Å². The van der Waals surface area contributed by atoms with Gasteiger partial charge in [-0.15, -0.1) is 0 Å². The van der Waals surface area contributed by atoms with Crippen molar-refractivity contribution < 1.29 is 5.11 Å². The Balaban J connectivity index is 2.71. The first-order valence-corrected chi connectivity index (χ1v) is 5.87. The van der Waals surface area contributed by atoms with Crippen LogP contribution in [0.15, 0.2) is 6.07 Å². The highest BCUT2D eigenvalue weighted by Crippen LogP contribution is 2.43. The molecule has 15 heavy (non-hydrogen) atoms. The van der Waals surface area contributed by atoms with Gasteiger partial charge in [0.05, 0.1) is 6.10 Å². The lowest BCUT2D eigenvalue weighted by Gasteiger charge is -2.30. The van der Waals surface area contributed by atoms with Crippen LogP contribution in [0.4, 0.5) is 0 Å². The lowest BCUT2D eigenvalue weighted by molar-refractivity contribution is 0.151. The molecule has 1 aliphatic carbocycles. The van der Waals surface area contributed by atoms with Gasteiger partial charge in [0.25, 0.3) is 0 Å². The van der Waals surface area contributed by atoms with Gasteiger partial charge in [0.1, 0.15) is 0 Å². The zero-order chi connectivity index (χ0) is 11.2. The summed E-state index contributed by atoms with van der Waals surface area (Å²) in [6, 6.07) is 2.02. The van der Waals surface area contributed by atoms with Crippen LogP contribution in [0.25, 0.3) is 0 Å². The van der Waals surface area contributed by atoms with E-state index in [1.54, 1.807) is 0 Å². The Bertz CT molecular complexity index is 398. The number of rotatable bonds is 0. The number of aryl methyl sites for hydroxylation is 1. The molecule has 0 saturated carbocycles. The monoisotopic (exact) mass is 224 g/mol. The maximum Gasteiger partial charge on any atom is 0.0796 e. The molecule has 0 amide bonds. The van der Waals surface area contributed by atoms with Gasteiger partial charge < -0.3 is 5.11 Å². The highest BCUT2D eigenvalue weighted by atomic mass is 35.5. The molecule has 1 nitrogen and oxygen atoms in total. The van der Waals surface area contributed by atoms with Gasteiger partial charge in [-0.05, 0) is 60.9 Å². The highest BCUT2D eigenvalue weighted by molar-refractivity contribution is 6.31. The smallest absolute Gasteiger partial charge is 0.0796 e. The third-order valence-electron chi connectivity index (χ3n) is 3.59. The minimum atomic E-state index is -0.325. The van der Waals surface area contributed by atoms with Crippen molar-refractivity contribution in [2.75, 3.05) is 0 Å². The van der Waals surface area contributed by atoms with Crippen LogP contribution in [0.3, 0.4) is 0 Å². The van der Waals surface area contributed by atoms with E-state index in [-0.39, 0.29) is 6.10 Å². The van der Waals surface area contributed by atoms with E-state index >= 15 is 0 Å². The normalized spacial score (nSPS) is 25.1. The molecular weight excluding hydrogens is 208 g/mol. The molecule has 1 N–H and O–H groups in total. The third-order valence-corrected chi connectivity index (χ3v) is 3.90. The second kappa shape index (κ2) is 3.80. The van der Waals surface area contributed by atoms with Gasteiger partial charge >= 0.3 is 0 Å². The van der Waals surface area contributed by atoms with Crippen LogP contribution < -0.4 is 0 Å². The van der Waals surface area contributed by atoms with Gasteiger partial charge in [-0.25, -0.2) is 0 Å². The summed E-state index contributed by atoms with van der Waals surface area (Å²) in [5.74, 6) is 0.468. The summed E-state index contributed by atoms with van der Waals surface area (Å²) >= 11 is 6.27. The average molecular weight is 225 g/mol. The Morgan fingerprint density at radius 2 is 1.93 bits per heavy atom. The van der Waals surface area contributed by atoms with E-state index in [9.17, 15) is 5.11 Å².